The van der Waals surface area contributed by atoms with Gasteiger partial charge in [0.25, 0.3) is 0 Å². The summed E-state index contributed by atoms with van der Waals surface area (Å²) in [5.41, 5.74) is 1.09. The van der Waals surface area contributed by atoms with E-state index in [2.05, 4.69) is 13.0 Å². The number of allylic oxidation sites excluding steroid dienone is 1. The number of halogens is 2. The third-order valence-corrected chi connectivity index (χ3v) is 2.23. The lowest BCUT2D eigenvalue weighted by Gasteiger charge is -1.96. The van der Waals surface area contributed by atoms with Gasteiger partial charge in [0, 0.05) is 0 Å². The van der Waals surface area contributed by atoms with Crippen LogP contribution in [-0.4, -0.2) is 0 Å². The van der Waals surface area contributed by atoms with Gasteiger partial charge in [-0.15, -0.1) is 0 Å². The fraction of sp³-hybridized carbons (Fsp3) is 0.200. The molecule has 0 aliphatic carbocycles. The Balaban J connectivity index is 2.89. The molecule has 0 heterocycles. The lowest BCUT2D eigenvalue weighted by atomic mass is 10.2. The van der Waals surface area contributed by atoms with E-state index in [1.807, 2.05) is 18.2 Å². The van der Waals surface area contributed by atoms with Gasteiger partial charge in [-0.05, 0) is 24.1 Å². The largest absolute Gasteiger partial charge is 0.0842 e. The zero-order valence-corrected chi connectivity index (χ0v) is 8.36. The lowest BCUT2D eigenvalue weighted by Crippen LogP contribution is -1.73. The van der Waals surface area contributed by atoms with E-state index in [9.17, 15) is 0 Å². The Kier molecular flexibility index (Phi) is 3.64. The van der Waals surface area contributed by atoms with Gasteiger partial charge >= 0.3 is 0 Å². The summed E-state index contributed by atoms with van der Waals surface area (Å²) in [6.45, 7) is 2.09. The molecule has 0 aliphatic rings. The van der Waals surface area contributed by atoms with Gasteiger partial charge in [-0.25, -0.2) is 0 Å². The molecular weight excluding hydrogens is 191 g/mol. The first-order valence-corrected chi connectivity index (χ1v) is 4.61. The van der Waals surface area contributed by atoms with E-state index in [4.69, 9.17) is 23.2 Å². The van der Waals surface area contributed by atoms with Gasteiger partial charge in [0.1, 0.15) is 0 Å². The maximum absolute atomic E-state index is 5.83. The Labute approximate surface area is 82.8 Å². The number of benzene rings is 1. The van der Waals surface area contributed by atoms with Crippen LogP contribution in [0.4, 0.5) is 0 Å². The Morgan fingerprint density at radius 3 is 2.58 bits per heavy atom. The van der Waals surface area contributed by atoms with Gasteiger partial charge in [0.15, 0.2) is 0 Å². The topological polar surface area (TPSA) is 0 Å². The normalized spacial score (nSPS) is 10.9. The summed E-state index contributed by atoms with van der Waals surface area (Å²) in [6.07, 6.45) is 5.14. The number of rotatable bonds is 2. The third-order valence-electron chi connectivity index (χ3n) is 1.49. The highest BCUT2D eigenvalue weighted by Gasteiger charge is 1.95. The van der Waals surface area contributed by atoms with Crippen molar-refractivity contribution in [3.63, 3.8) is 0 Å². The minimum absolute atomic E-state index is 0.602. The second-order valence-electron chi connectivity index (χ2n) is 2.48. The molecule has 0 amide bonds. The van der Waals surface area contributed by atoms with Crippen LogP contribution in [0.25, 0.3) is 6.08 Å². The quantitative estimate of drug-likeness (QED) is 0.664. The molecule has 0 nitrogen and oxygen atoms in total. The molecule has 0 aliphatic heterocycles. The monoisotopic (exact) mass is 200 g/mol. The van der Waals surface area contributed by atoms with Crippen LogP contribution in [-0.2, 0) is 0 Å². The van der Waals surface area contributed by atoms with Gasteiger partial charge in [0.2, 0.25) is 0 Å². The van der Waals surface area contributed by atoms with Gasteiger partial charge in [-0.3, -0.25) is 0 Å². The molecule has 0 atom stereocenters. The van der Waals surface area contributed by atoms with E-state index in [0.717, 1.165) is 12.0 Å². The van der Waals surface area contributed by atoms with Gasteiger partial charge in [0.05, 0.1) is 10.0 Å². The molecule has 1 aromatic rings. The smallest absolute Gasteiger partial charge is 0.0598 e. The molecular formula is C10H10Cl2. The fourth-order valence-electron chi connectivity index (χ4n) is 0.870. The van der Waals surface area contributed by atoms with Crippen LogP contribution in [0.15, 0.2) is 24.3 Å². The molecule has 0 spiro atoms. The Bertz CT molecular complexity index is 290. The molecule has 0 saturated heterocycles. The van der Waals surface area contributed by atoms with E-state index < -0.39 is 0 Å². The summed E-state index contributed by atoms with van der Waals surface area (Å²) >= 11 is 11.6. The van der Waals surface area contributed by atoms with E-state index >= 15 is 0 Å². The first kappa shape index (κ1) is 9.63. The van der Waals surface area contributed by atoms with Crippen LogP contribution in [0.3, 0.4) is 0 Å². The van der Waals surface area contributed by atoms with Crippen LogP contribution in [0.2, 0.25) is 10.0 Å². The summed E-state index contributed by atoms with van der Waals surface area (Å²) < 4.78 is 0. The Hall–Kier alpha value is -0.460. The molecule has 0 fully saturated rings. The van der Waals surface area contributed by atoms with Gasteiger partial charge in [-0.2, -0.15) is 0 Å². The van der Waals surface area contributed by atoms with Crippen LogP contribution < -0.4 is 0 Å². The highest BCUT2D eigenvalue weighted by atomic mass is 35.5. The summed E-state index contributed by atoms with van der Waals surface area (Å²) in [5, 5.41) is 1.21. The van der Waals surface area contributed by atoms with E-state index in [0.29, 0.717) is 10.0 Å². The Morgan fingerprint density at radius 1 is 1.25 bits per heavy atom. The molecule has 0 unspecified atom stereocenters. The molecule has 0 saturated carbocycles. The van der Waals surface area contributed by atoms with Crippen molar-refractivity contribution < 1.29 is 0 Å². The predicted molar refractivity (Wildman–Crippen MR) is 55.8 cm³/mol. The standard InChI is InChI=1S/C10H10Cl2/c1-2-3-4-8-5-6-9(11)10(12)7-8/h3-7H,2H2,1H3. The van der Waals surface area contributed by atoms with E-state index in [1.165, 1.54) is 0 Å². The van der Waals surface area contributed by atoms with E-state index in [1.54, 1.807) is 6.07 Å². The molecule has 0 bridgehead atoms. The minimum atomic E-state index is 0.602. The van der Waals surface area contributed by atoms with Crippen LogP contribution in [0, 0.1) is 0 Å². The number of hydrogen-bond donors (Lipinski definition) is 0. The van der Waals surface area contributed by atoms with Crippen molar-refractivity contribution in [1.29, 1.82) is 0 Å². The summed E-state index contributed by atoms with van der Waals surface area (Å²) in [5.74, 6) is 0. The van der Waals surface area contributed by atoms with E-state index in [-0.39, 0.29) is 0 Å². The molecule has 1 rings (SSSR count). The highest BCUT2D eigenvalue weighted by molar-refractivity contribution is 6.42. The summed E-state index contributed by atoms with van der Waals surface area (Å²) in [7, 11) is 0. The second kappa shape index (κ2) is 4.54. The van der Waals surface area contributed by atoms with Crippen molar-refractivity contribution in [3.8, 4) is 0 Å². The highest BCUT2D eigenvalue weighted by Crippen LogP contribution is 2.23. The van der Waals surface area contributed by atoms with Gasteiger partial charge < -0.3 is 0 Å². The third kappa shape index (κ3) is 2.54. The molecule has 64 valence electrons. The molecule has 12 heavy (non-hydrogen) atoms. The van der Waals surface area contributed by atoms with Crippen molar-refractivity contribution in [1.82, 2.24) is 0 Å². The summed E-state index contributed by atoms with van der Waals surface area (Å²) in [6, 6.07) is 5.61. The maximum atomic E-state index is 5.83. The zero-order chi connectivity index (χ0) is 8.97. The van der Waals surface area contributed by atoms with Crippen LogP contribution in [0.5, 0.6) is 0 Å². The molecule has 2 heteroatoms. The van der Waals surface area contributed by atoms with Gasteiger partial charge in [-0.1, -0.05) is 48.3 Å². The Morgan fingerprint density at radius 2 is 2.00 bits per heavy atom. The predicted octanol–water partition coefficient (Wildman–Crippen LogP) is 4.42. The second-order valence-corrected chi connectivity index (χ2v) is 3.30. The molecule has 1 aromatic carbocycles. The molecule has 0 radical (unpaired) electrons. The van der Waals surface area contributed by atoms with Crippen LogP contribution in [0.1, 0.15) is 18.9 Å². The SMILES string of the molecule is CCC=Cc1ccc(Cl)c(Cl)c1. The first-order chi connectivity index (χ1) is 5.74. The molecule has 0 N–H and O–H groups in total. The van der Waals surface area contributed by atoms with Crippen molar-refractivity contribution in [2.24, 2.45) is 0 Å². The average Bonchev–Trinajstić information content (AvgIpc) is 2.07. The average molecular weight is 201 g/mol. The minimum Gasteiger partial charge on any atom is -0.0842 e. The fourth-order valence-corrected chi connectivity index (χ4v) is 1.18. The molecule has 0 aromatic heterocycles. The lowest BCUT2D eigenvalue weighted by molar-refractivity contribution is 1.23. The zero-order valence-electron chi connectivity index (χ0n) is 6.85. The summed E-state index contributed by atoms with van der Waals surface area (Å²) in [4.78, 5) is 0. The van der Waals surface area contributed by atoms with Crippen molar-refractivity contribution >= 4 is 29.3 Å². The van der Waals surface area contributed by atoms with Crippen molar-refractivity contribution in [3.05, 3.63) is 39.9 Å². The maximum Gasteiger partial charge on any atom is 0.0598 e. The van der Waals surface area contributed by atoms with Crippen molar-refractivity contribution in [2.45, 2.75) is 13.3 Å². The van der Waals surface area contributed by atoms with Crippen LogP contribution >= 0.6 is 23.2 Å². The first-order valence-electron chi connectivity index (χ1n) is 3.85. The number of hydrogen-bond acceptors (Lipinski definition) is 0. The van der Waals surface area contributed by atoms with Crippen molar-refractivity contribution in [2.75, 3.05) is 0 Å².